The highest BCUT2D eigenvalue weighted by Crippen LogP contribution is 2.50. The Kier molecular flexibility index (Phi) is 7.44. The van der Waals surface area contributed by atoms with E-state index in [1.807, 2.05) is 0 Å². The van der Waals surface area contributed by atoms with Gasteiger partial charge in [-0.05, 0) is 82.8 Å². The molecule has 3 aliphatic rings. The summed E-state index contributed by atoms with van der Waals surface area (Å²) in [5.74, 6) is -0.573. The molecule has 2 atom stereocenters. The molecule has 4 aromatic rings. The molecule has 8 heteroatoms. The minimum absolute atomic E-state index is 0.0390. The molecule has 1 amide bonds. The van der Waals surface area contributed by atoms with E-state index in [1.165, 1.54) is 52.9 Å². The van der Waals surface area contributed by atoms with Gasteiger partial charge in [-0.15, -0.1) is 0 Å². The molecule has 0 radical (unpaired) electrons. The number of aliphatic imine (C=N–C) groups is 1. The maximum Gasteiger partial charge on any atom is 0.339 e. The van der Waals surface area contributed by atoms with Crippen molar-refractivity contribution in [2.75, 3.05) is 25.1 Å². The molecule has 0 saturated carbocycles. The summed E-state index contributed by atoms with van der Waals surface area (Å²) in [4.78, 5) is 32.6. The molecule has 7 nitrogen and oxygen atoms in total. The van der Waals surface area contributed by atoms with Crippen LogP contribution in [0, 0.1) is 0 Å². The molecule has 44 heavy (non-hydrogen) atoms. The Balaban J connectivity index is 1.28. The van der Waals surface area contributed by atoms with Crippen molar-refractivity contribution in [3.05, 3.63) is 129 Å². The summed E-state index contributed by atoms with van der Waals surface area (Å²) in [6.45, 7) is 2.04. The van der Waals surface area contributed by atoms with Gasteiger partial charge < -0.3 is 20.1 Å². The van der Waals surface area contributed by atoms with E-state index < -0.39 is 5.97 Å². The van der Waals surface area contributed by atoms with Gasteiger partial charge in [-0.1, -0.05) is 66.7 Å². The lowest BCUT2D eigenvalue weighted by molar-refractivity contribution is -0.115. The van der Waals surface area contributed by atoms with E-state index in [0.29, 0.717) is 15.6 Å². The fraction of sp³-hybridized carbons (Fsp3) is 0.194. The summed E-state index contributed by atoms with van der Waals surface area (Å²) >= 11 is 1.25. The summed E-state index contributed by atoms with van der Waals surface area (Å²) in [5, 5.41) is 13.0. The quantitative estimate of drug-likeness (QED) is 0.228. The van der Waals surface area contributed by atoms with E-state index in [9.17, 15) is 14.7 Å². The molecule has 7 rings (SSSR count). The molecule has 0 aromatic heterocycles. The number of carbonyl (C=O) groups is 2. The average molecular weight is 602 g/mol. The number of carboxylic acid groups (broad SMARTS) is 1. The van der Waals surface area contributed by atoms with Gasteiger partial charge in [-0.25, -0.2) is 9.79 Å². The van der Waals surface area contributed by atoms with Gasteiger partial charge in [0.05, 0.1) is 17.7 Å². The average Bonchev–Trinajstić information content (AvgIpc) is 3.39. The van der Waals surface area contributed by atoms with Crippen molar-refractivity contribution in [2.45, 2.75) is 24.7 Å². The highest BCUT2D eigenvalue weighted by Gasteiger charge is 2.35. The molecular weight excluding hydrogens is 570 g/mol. The van der Waals surface area contributed by atoms with Crippen molar-refractivity contribution in [1.82, 2.24) is 5.32 Å². The number of benzene rings is 4. The molecule has 0 spiro atoms. The Morgan fingerprint density at radius 3 is 2.11 bits per heavy atom. The van der Waals surface area contributed by atoms with E-state index in [-0.39, 0.29) is 29.1 Å². The molecule has 1 fully saturated rings. The number of rotatable bonds is 6. The van der Waals surface area contributed by atoms with Crippen LogP contribution in [0.25, 0.3) is 6.08 Å². The maximum absolute atomic E-state index is 13.0. The van der Waals surface area contributed by atoms with Crippen LogP contribution in [0.3, 0.4) is 0 Å². The molecule has 3 aliphatic heterocycles. The predicted molar refractivity (Wildman–Crippen MR) is 175 cm³/mol. The Morgan fingerprint density at radius 2 is 1.55 bits per heavy atom. The molecule has 1 saturated heterocycles. The number of amidine groups is 1. The van der Waals surface area contributed by atoms with Crippen molar-refractivity contribution in [3.63, 3.8) is 0 Å². The van der Waals surface area contributed by atoms with Crippen LogP contribution in [0.15, 0.2) is 101 Å². The van der Waals surface area contributed by atoms with E-state index in [0.717, 1.165) is 31.6 Å². The van der Waals surface area contributed by atoms with E-state index >= 15 is 0 Å². The zero-order chi connectivity index (χ0) is 30.2. The third-order valence-corrected chi connectivity index (χ3v) is 9.54. The third kappa shape index (κ3) is 5.26. The van der Waals surface area contributed by atoms with Gasteiger partial charge in [0.1, 0.15) is 11.3 Å². The van der Waals surface area contributed by atoms with Gasteiger partial charge in [-0.2, -0.15) is 0 Å². The lowest BCUT2D eigenvalue weighted by atomic mass is 9.76. The summed E-state index contributed by atoms with van der Waals surface area (Å²) in [5.41, 5.74) is 7.94. The molecular formula is C36H31N3O4S. The van der Waals surface area contributed by atoms with Crippen molar-refractivity contribution in [1.29, 1.82) is 0 Å². The Morgan fingerprint density at radius 1 is 0.932 bits per heavy atom. The first-order chi connectivity index (χ1) is 21.5. The largest absolute Gasteiger partial charge is 0.496 e. The number of carbonyl (C=O) groups excluding carboxylic acids is 1. The number of nitrogens with zero attached hydrogens (tertiary/aromatic N) is 2. The van der Waals surface area contributed by atoms with Crippen molar-refractivity contribution >= 4 is 46.3 Å². The first kappa shape index (κ1) is 28.0. The van der Waals surface area contributed by atoms with Gasteiger partial charge in [-0.3, -0.25) is 4.79 Å². The SMILES string of the molecule is COc1ccc(/C=C2\SC(=Nc3cc4c5c(c3)[C@H](c3ccccc3)CCN5CC[C@H]4c3ccccc3)NC2=O)cc1C(=O)O. The van der Waals surface area contributed by atoms with E-state index in [1.54, 1.807) is 18.2 Å². The summed E-state index contributed by atoms with van der Waals surface area (Å²) < 4.78 is 5.17. The smallest absolute Gasteiger partial charge is 0.339 e. The fourth-order valence-corrected chi connectivity index (χ4v) is 7.48. The Labute approximate surface area is 260 Å². The first-order valence-electron chi connectivity index (χ1n) is 14.7. The second kappa shape index (κ2) is 11.7. The summed E-state index contributed by atoms with van der Waals surface area (Å²) in [6.07, 6.45) is 3.75. The number of hydrogen-bond acceptors (Lipinski definition) is 6. The molecule has 4 aromatic carbocycles. The number of hydrogen-bond donors (Lipinski definition) is 2. The van der Waals surface area contributed by atoms with Crippen molar-refractivity contribution in [2.24, 2.45) is 4.99 Å². The van der Waals surface area contributed by atoms with E-state index in [4.69, 9.17) is 9.73 Å². The van der Waals surface area contributed by atoms with E-state index in [2.05, 4.69) is 83.0 Å². The van der Waals surface area contributed by atoms with Crippen LogP contribution >= 0.6 is 11.8 Å². The predicted octanol–water partition coefficient (Wildman–Crippen LogP) is 7.16. The second-order valence-electron chi connectivity index (χ2n) is 11.2. The van der Waals surface area contributed by atoms with Crippen LogP contribution in [0.5, 0.6) is 5.75 Å². The third-order valence-electron chi connectivity index (χ3n) is 8.63. The molecule has 0 unspecified atom stereocenters. The summed E-state index contributed by atoms with van der Waals surface area (Å²) in [6, 6.07) is 30.6. The Hall–Kier alpha value is -4.82. The van der Waals surface area contributed by atoms with Crippen molar-refractivity contribution < 1.29 is 19.4 Å². The zero-order valence-corrected chi connectivity index (χ0v) is 25.0. The van der Waals surface area contributed by atoms with Gasteiger partial charge in [0.25, 0.3) is 5.91 Å². The molecule has 220 valence electrons. The normalized spacial score (nSPS) is 20.8. The van der Waals surface area contributed by atoms with Crippen LogP contribution in [-0.4, -0.2) is 42.3 Å². The lowest BCUT2D eigenvalue weighted by Gasteiger charge is -2.43. The minimum atomic E-state index is -1.09. The number of amides is 1. The monoisotopic (exact) mass is 601 g/mol. The summed E-state index contributed by atoms with van der Waals surface area (Å²) in [7, 11) is 1.43. The molecule has 3 heterocycles. The van der Waals surface area contributed by atoms with Crippen LogP contribution in [0.2, 0.25) is 0 Å². The highest BCUT2D eigenvalue weighted by molar-refractivity contribution is 8.18. The lowest BCUT2D eigenvalue weighted by Crippen LogP contribution is -2.37. The maximum atomic E-state index is 13.0. The number of aromatic carboxylic acids is 1. The number of carboxylic acids is 1. The number of nitrogens with one attached hydrogen (secondary N) is 1. The number of thioether (sulfide) groups is 1. The molecule has 0 bridgehead atoms. The molecule has 2 N–H and O–H groups in total. The minimum Gasteiger partial charge on any atom is -0.496 e. The second-order valence-corrected chi connectivity index (χ2v) is 12.2. The number of anilines is 1. The molecule has 0 aliphatic carbocycles. The highest BCUT2D eigenvalue weighted by atomic mass is 32.2. The number of ether oxygens (including phenoxy) is 1. The van der Waals surface area contributed by atoms with Gasteiger partial charge in [0.15, 0.2) is 5.17 Å². The fourth-order valence-electron chi connectivity index (χ4n) is 6.64. The topological polar surface area (TPSA) is 91.2 Å². The van der Waals surface area contributed by atoms with Crippen LogP contribution < -0.4 is 15.0 Å². The zero-order valence-electron chi connectivity index (χ0n) is 24.2. The van der Waals surface area contributed by atoms with Crippen LogP contribution in [0.4, 0.5) is 11.4 Å². The van der Waals surface area contributed by atoms with Crippen LogP contribution in [-0.2, 0) is 4.79 Å². The Bertz CT molecular complexity index is 1750. The van der Waals surface area contributed by atoms with Gasteiger partial charge in [0.2, 0.25) is 0 Å². The number of methoxy groups -OCH3 is 1. The van der Waals surface area contributed by atoms with Crippen molar-refractivity contribution in [3.8, 4) is 5.75 Å². The standard InChI is InChI=1S/C36H31N3O4S/c1-43-31-13-12-22(18-30(31)35(41)42)19-32-34(40)38-36(44-32)37-25-20-28-26(23-8-4-2-5-9-23)14-16-39-17-15-27(29(21-25)33(28)39)24-10-6-3-7-11-24/h2-13,18-21,26-27H,14-17H2,1H3,(H,41,42)(H,37,38,40)/b32-19-/t26-,27-/m0/s1. The van der Waals surface area contributed by atoms with Gasteiger partial charge in [0, 0.05) is 30.6 Å². The van der Waals surface area contributed by atoms with Crippen LogP contribution in [0.1, 0.15) is 62.9 Å². The first-order valence-corrected chi connectivity index (χ1v) is 15.5. The van der Waals surface area contributed by atoms with Gasteiger partial charge >= 0.3 is 5.97 Å².